The summed E-state index contributed by atoms with van der Waals surface area (Å²) < 4.78 is 6.85. The van der Waals surface area contributed by atoms with Gasteiger partial charge >= 0.3 is 6.09 Å². The van der Waals surface area contributed by atoms with Crippen molar-refractivity contribution in [2.24, 2.45) is 11.1 Å². The van der Waals surface area contributed by atoms with Crippen molar-refractivity contribution in [3.63, 3.8) is 0 Å². The summed E-state index contributed by atoms with van der Waals surface area (Å²) in [7, 11) is 0. The number of carbonyl (C=O) groups is 2. The molecule has 0 bridgehead atoms. The van der Waals surface area contributed by atoms with Gasteiger partial charge < -0.3 is 15.8 Å². The molecule has 0 saturated heterocycles. The SMILES string of the molecule is CC1(C)Cc2c(-c3cc(NC(=O)Cc4cccc(OC(N)=O)c4)ncc3Cl)cnn2C1. The van der Waals surface area contributed by atoms with Crippen LogP contribution in [0.15, 0.2) is 42.7 Å². The molecular formula is C22H22ClN5O3. The molecule has 0 atom stereocenters. The van der Waals surface area contributed by atoms with Gasteiger partial charge in [-0.05, 0) is 35.6 Å². The van der Waals surface area contributed by atoms with Gasteiger partial charge in [0.2, 0.25) is 5.91 Å². The molecule has 2 aromatic heterocycles. The van der Waals surface area contributed by atoms with E-state index in [0.29, 0.717) is 16.4 Å². The van der Waals surface area contributed by atoms with Crippen molar-refractivity contribution in [3.05, 3.63) is 59.0 Å². The Kier molecular flexibility index (Phi) is 5.41. The molecule has 3 aromatic rings. The van der Waals surface area contributed by atoms with E-state index in [1.54, 1.807) is 30.3 Å². The van der Waals surface area contributed by atoms with Crippen molar-refractivity contribution in [3.8, 4) is 16.9 Å². The molecule has 0 aliphatic carbocycles. The number of nitrogens with zero attached hydrogens (tertiary/aromatic N) is 3. The van der Waals surface area contributed by atoms with E-state index in [4.69, 9.17) is 22.1 Å². The summed E-state index contributed by atoms with van der Waals surface area (Å²) in [5, 5.41) is 7.78. The molecule has 0 fully saturated rings. The van der Waals surface area contributed by atoms with Gasteiger partial charge in [-0.2, -0.15) is 5.10 Å². The Hall–Kier alpha value is -3.39. The van der Waals surface area contributed by atoms with Crippen molar-refractivity contribution in [2.75, 3.05) is 5.32 Å². The molecule has 160 valence electrons. The second-order valence-electron chi connectivity index (χ2n) is 8.35. The van der Waals surface area contributed by atoms with Crippen LogP contribution in [0.3, 0.4) is 0 Å². The fourth-order valence-electron chi connectivity index (χ4n) is 3.79. The van der Waals surface area contributed by atoms with Gasteiger partial charge in [0.25, 0.3) is 0 Å². The molecule has 4 rings (SSSR count). The molecule has 1 aliphatic heterocycles. The first kappa shape index (κ1) is 20.9. The number of amides is 2. The van der Waals surface area contributed by atoms with Crippen LogP contribution in [-0.2, 0) is 24.2 Å². The topological polar surface area (TPSA) is 112 Å². The second kappa shape index (κ2) is 8.03. The lowest BCUT2D eigenvalue weighted by Gasteiger charge is -2.14. The van der Waals surface area contributed by atoms with Crippen molar-refractivity contribution < 1.29 is 14.3 Å². The van der Waals surface area contributed by atoms with E-state index < -0.39 is 6.09 Å². The highest BCUT2D eigenvalue weighted by molar-refractivity contribution is 6.33. The zero-order valence-electron chi connectivity index (χ0n) is 17.2. The number of hydrogen-bond donors (Lipinski definition) is 2. The molecule has 9 heteroatoms. The van der Waals surface area contributed by atoms with E-state index in [-0.39, 0.29) is 23.5 Å². The fourth-order valence-corrected chi connectivity index (χ4v) is 4.00. The third-order valence-corrected chi connectivity index (χ3v) is 5.37. The third kappa shape index (κ3) is 4.69. The number of nitrogens with one attached hydrogen (secondary N) is 1. The zero-order valence-corrected chi connectivity index (χ0v) is 17.9. The van der Waals surface area contributed by atoms with Crippen LogP contribution in [0, 0.1) is 5.41 Å². The Bertz CT molecular complexity index is 1170. The molecule has 8 nitrogen and oxygen atoms in total. The number of primary amides is 1. The zero-order chi connectivity index (χ0) is 22.2. The summed E-state index contributed by atoms with van der Waals surface area (Å²) >= 11 is 6.42. The number of ether oxygens (including phenoxy) is 1. The highest BCUT2D eigenvalue weighted by Gasteiger charge is 2.32. The van der Waals surface area contributed by atoms with Crippen LogP contribution < -0.4 is 15.8 Å². The van der Waals surface area contributed by atoms with Crippen LogP contribution in [0.1, 0.15) is 25.1 Å². The summed E-state index contributed by atoms with van der Waals surface area (Å²) in [5.74, 6) is 0.409. The van der Waals surface area contributed by atoms with Gasteiger partial charge in [-0.15, -0.1) is 0 Å². The van der Waals surface area contributed by atoms with Crippen LogP contribution in [0.4, 0.5) is 10.6 Å². The van der Waals surface area contributed by atoms with Crippen LogP contribution in [-0.4, -0.2) is 26.8 Å². The summed E-state index contributed by atoms with van der Waals surface area (Å²) in [6.45, 7) is 5.26. The lowest BCUT2D eigenvalue weighted by atomic mass is 9.89. The number of anilines is 1. The normalized spacial score (nSPS) is 14.2. The van der Waals surface area contributed by atoms with Crippen molar-refractivity contribution in [1.29, 1.82) is 0 Å². The lowest BCUT2D eigenvalue weighted by Crippen LogP contribution is -2.17. The summed E-state index contributed by atoms with van der Waals surface area (Å²) in [6.07, 6.45) is 3.40. The standard InChI is InChI=1S/C22H22ClN5O3/c1-22(2)9-18-16(10-26-28(18)12-22)15-8-19(25-11-17(15)23)27-20(29)7-13-4-3-5-14(6-13)31-21(24)30/h3-6,8,10-11H,7,9,12H2,1-2H3,(H2,24,30)(H,25,27,29). The molecule has 3 N–H and O–H groups in total. The average Bonchev–Trinajstić information content (AvgIpc) is 3.18. The van der Waals surface area contributed by atoms with Gasteiger partial charge in [-0.3, -0.25) is 9.48 Å². The summed E-state index contributed by atoms with van der Waals surface area (Å²) in [5.41, 5.74) is 8.69. The Labute approximate surface area is 184 Å². The Morgan fingerprint density at radius 2 is 2.06 bits per heavy atom. The largest absolute Gasteiger partial charge is 0.410 e. The van der Waals surface area contributed by atoms with Crippen LogP contribution >= 0.6 is 11.6 Å². The molecule has 31 heavy (non-hydrogen) atoms. The molecule has 1 aliphatic rings. The number of hydrogen-bond acceptors (Lipinski definition) is 5. The molecular weight excluding hydrogens is 418 g/mol. The number of nitrogens with two attached hydrogens (primary N) is 1. The second-order valence-corrected chi connectivity index (χ2v) is 8.75. The third-order valence-electron chi connectivity index (χ3n) is 5.07. The fraction of sp³-hybridized carbons (Fsp3) is 0.273. The number of carbonyl (C=O) groups excluding carboxylic acids is 2. The predicted molar refractivity (Wildman–Crippen MR) is 117 cm³/mol. The summed E-state index contributed by atoms with van der Waals surface area (Å²) in [4.78, 5) is 27.7. The van der Waals surface area contributed by atoms with Gasteiger partial charge in [0.15, 0.2) is 0 Å². The highest BCUT2D eigenvalue weighted by atomic mass is 35.5. The minimum absolute atomic E-state index is 0.0764. The van der Waals surface area contributed by atoms with Crippen LogP contribution in [0.2, 0.25) is 5.02 Å². The smallest absolute Gasteiger partial charge is 0.409 e. The number of fused-ring (bicyclic) bond motifs is 1. The summed E-state index contributed by atoms with van der Waals surface area (Å²) in [6, 6.07) is 8.37. The van der Waals surface area contributed by atoms with Crippen molar-refractivity contribution in [2.45, 2.75) is 33.2 Å². The maximum absolute atomic E-state index is 12.5. The number of pyridine rings is 1. The number of rotatable bonds is 5. The van der Waals surface area contributed by atoms with E-state index >= 15 is 0 Å². The van der Waals surface area contributed by atoms with E-state index in [0.717, 1.165) is 29.8 Å². The van der Waals surface area contributed by atoms with Crippen LogP contribution in [0.25, 0.3) is 11.1 Å². The lowest BCUT2D eigenvalue weighted by molar-refractivity contribution is -0.115. The van der Waals surface area contributed by atoms with Gasteiger partial charge in [-0.1, -0.05) is 37.6 Å². The van der Waals surface area contributed by atoms with Gasteiger partial charge in [0, 0.05) is 29.6 Å². The minimum Gasteiger partial charge on any atom is -0.410 e. The van der Waals surface area contributed by atoms with E-state index in [1.165, 1.54) is 6.20 Å². The van der Waals surface area contributed by atoms with E-state index in [9.17, 15) is 9.59 Å². The van der Waals surface area contributed by atoms with Gasteiger partial charge in [-0.25, -0.2) is 9.78 Å². The Balaban J connectivity index is 1.51. The molecule has 2 amide bonds. The first-order valence-corrected chi connectivity index (χ1v) is 10.1. The van der Waals surface area contributed by atoms with E-state index in [1.807, 2.05) is 10.9 Å². The monoisotopic (exact) mass is 439 g/mol. The quantitative estimate of drug-likeness (QED) is 0.627. The number of halogens is 1. The molecule has 0 unspecified atom stereocenters. The number of benzene rings is 1. The number of aromatic nitrogens is 3. The first-order valence-electron chi connectivity index (χ1n) is 9.77. The maximum atomic E-state index is 12.5. The van der Waals surface area contributed by atoms with Crippen molar-refractivity contribution >= 4 is 29.4 Å². The van der Waals surface area contributed by atoms with Crippen LogP contribution in [0.5, 0.6) is 5.75 Å². The molecule has 0 spiro atoms. The Morgan fingerprint density at radius 1 is 1.26 bits per heavy atom. The molecule has 3 heterocycles. The van der Waals surface area contributed by atoms with Gasteiger partial charge in [0.05, 0.1) is 17.6 Å². The van der Waals surface area contributed by atoms with Crippen molar-refractivity contribution in [1.82, 2.24) is 14.8 Å². The Morgan fingerprint density at radius 3 is 2.84 bits per heavy atom. The molecule has 1 aromatic carbocycles. The average molecular weight is 440 g/mol. The molecule has 0 radical (unpaired) electrons. The predicted octanol–water partition coefficient (Wildman–Crippen LogP) is 3.82. The maximum Gasteiger partial charge on any atom is 0.409 e. The molecule has 0 saturated carbocycles. The first-order chi connectivity index (χ1) is 14.7. The highest BCUT2D eigenvalue weighted by Crippen LogP contribution is 2.39. The van der Waals surface area contributed by atoms with Gasteiger partial charge in [0.1, 0.15) is 11.6 Å². The minimum atomic E-state index is -0.908. The van der Waals surface area contributed by atoms with E-state index in [2.05, 4.69) is 29.2 Å².